The first-order chi connectivity index (χ1) is 5.95. The molecule has 0 saturated heterocycles. The van der Waals surface area contributed by atoms with Crippen LogP contribution >= 0.6 is 0 Å². The zero-order chi connectivity index (χ0) is 10.9. The Morgan fingerprint density at radius 1 is 1.69 bits per heavy atom. The summed E-state index contributed by atoms with van der Waals surface area (Å²) in [4.78, 5) is 19.2. The number of carbonyl (C=O) groups is 2. The van der Waals surface area contributed by atoms with Crippen LogP contribution in [0.25, 0.3) is 0 Å². The lowest BCUT2D eigenvalue weighted by atomic mass is 10.4. The summed E-state index contributed by atoms with van der Waals surface area (Å²) in [6.45, 7) is 4.97. The van der Waals surface area contributed by atoms with Crippen molar-refractivity contribution in [3.63, 3.8) is 0 Å². The first-order valence-corrected chi connectivity index (χ1v) is 3.20. The Kier molecular flexibility index (Phi) is 8.41. The maximum Gasteiger partial charge on any atom is 0.404 e. The fraction of sp³-hybridized carbons (Fsp3) is 0.286. The van der Waals surface area contributed by atoms with Gasteiger partial charge in [0.05, 0.1) is 6.61 Å². The Hall–Kier alpha value is -2.03. The van der Waals surface area contributed by atoms with E-state index in [2.05, 4.69) is 17.0 Å². The number of nitriles is 1. The zero-order valence-corrected chi connectivity index (χ0v) is 7.11. The molecule has 0 rings (SSSR count). The molecule has 0 radical (unpaired) electrons. The minimum Gasteiger partial charge on any atom is -0.477 e. The van der Waals surface area contributed by atoms with Crippen molar-refractivity contribution in [1.82, 2.24) is 0 Å². The molecule has 72 valence electrons. The van der Waals surface area contributed by atoms with Gasteiger partial charge in [-0.1, -0.05) is 6.58 Å². The van der Waals surface area contributed by atoms with Crippen LogP contribution < -0.4 is 5.73 Å². The van der Waals surface area contributed by atoms with E-state index in [1.54, 1.807) is 6.92 Å². The second-order valence-corrected chi connectivity index (χ2v) is 1.65. The molecular formula is C7H10N2O4. The lowest BCUT2D eigenvalue weighted by molar-refractivity contribution is -0.132. The summed E-state index contributed by atoms with van der Waals surface area (Å²) in [6, 6.07) is 1.37. The molecule has 1 amide bonds. The van der Waals surface area contributed by atoms with E-state index in [1.807, 2.05) is 0 Å². The summed E-state index contributed by atoms with van der Waals surface area (Å²) in [5.74, 6) is -1.26. The number of carbonyl (C=O) groups excluding carboxylic acids is 1. The molecular weight excluding hydrogens is 176 g/mol. The van der Waals surface area contributed by atoms with Crippen molar-refractivity contribution < 1.29 is 19.4 Å². The van der Waals surface area contributed by atoms with Gasteiger partial charge in [0, 0.05) is 0 Å². The maximum atomic E-state index is 9.61. The molecule has 0 saturated carbocycles. The molecule has 0 aromatic rings. The van der Waals surface area contributed by atoms with Gasteiger partial charge >= 0.3 is 12.1 Å². The van der Waals surface area contributed by atoms with Crippen LogP contribution in [-0.2, 0) is 9.53 Å². The van der Waals surface area contributed by atoms with Gasteiger partial charge in [-0.25, -0.2) is 9.59 Å². The van der Waals surface area contributed by atoms with Crippen LogP contribution in [0.5, 0.6) is 0 Å². The normalized spacial score (nSPS) is 7.08. The molecule has 0 aliphatic rings. The molecule has 0 unspecified atom stereocenters. The van der Waals surface area contributed by atoms with Crippen molar-refractivity contribution >= 4 is 12.1 Å². The largest absolute Gasteiger partial charge is 0.477 e. The topological polar surface area (TPSA) is 113 Å². The molecule has 0 heterocycles. The quantitative estimate of drug-likeness (QED) is 0.474. The molecule has 0 aromatic carbocycles. The van der Waals surface area contributed by atoms with Crippen LogP contribution in [0, 0.1) is 11.3 Å². The van der Waals surface area contributed by atoms with Gasteiger partial charge in [-0.2, -0.15) is 5.26 Å². The van der Waals surface area contributed by atoms with Crippen molar-refractivity contribution in [3.05, 3.63) is 12.2 Å². The highest BCUT2D eigenvalue weighted by molar-refractivity contribution is 5.90. The fourth-order valence-electron chi connectivity index (χ4n) is 0.190. The number of primary amides is 1. The minimum atomic E-state index is -1.26. The molecule has 0 aliphatic carbocycles. The Morgan fingerprint density at radius 3 is 2.15 bits per heavy atom. The number of carboxylic acid groups (broad SMARTS) is 1. The Balaban J connectivity index is 0. The molecule has 0 spiro atoms. The Labute approximate surface area is 75.2 Å². The van der Waals surface area contributed by atoms with Crippen LogP contribution in [0.15, 0.2) is 12.2 Å². The third kappa shape index (κ3) is 13.0. The van der Waals surface area contributed by atoms with Gasteiger partial charge in [0.2, 0.25) is 0 Å². The van der Waals surface area contributed by atoms with Crippen molar-refractivity contribution in [3.8, 4) is 6.07 Å². The van der Waals surface area contributed by atoms with Gasteiger partial charge in [-0.05, 0) is 6.92 Å². The number of aliphatic carboxylic acids is 1. The average Bonchev–Trinajstić information content (AvgIpc) is 2.03. The predicted octanol–water partition coefficient (Wildman–Crippen LogP) is 0.252. The van der Waals surface area contributed by atoms with Crippen LogP contribution in [0.3, 0.4) is 0 Å². The van der Waals surface area contributed by atoms with Gasteiger partial charge in [0.25, 0.3) is 0 Å². The summed E-state index contributed by atoms with van der Waals surface area (Å²) in [5.41, 5.74) is 4.11. The summed E-state index contributed by atoms with van der Waals surface area (Å²) in [7, 11) is 0. The van der Waals surface area contributed by atoms with E-state index < -0.39 is 17.6 Å². The summed E-state index contributed by atoms with van der Waals surface area (Å²) < 4.78 is 4.18. The number of hydrogen-bond donors (Lipinski definition) is 2. The summed E-state index contributed by atoms with van der Waals surface area (Å²) in [5, 5.41) is 15.6. The molecule has 3 N–H and O–H groups in total. The number of carboxylic acids is 1. The molecule has 6 heteroatoms. The Morgan fingerprint density at radius 2 is 2.15 bits per heavy atom. The highest BCUT2D eigenvalue weighted by Crippen LogP contribution is 1.81. The number of ether oxygens (including phenoxy) is 1. The van der Waals surface area contributed by atoms with E-state index in [4.69, 9.17) is 10.4 Å². The monoisotopic (exact) mass is 186 g/mol. The van der Waals surface area contributed by atoms with E-state index in [0.29, 0.717) is 6.61 Å². The minimum absolute atomic E-state index is 0.356. The van der Waals surface area contributed by atoms with Crippen LogP contribution in [0.1, 0.15) is 6.92 Å². The number of hydrogen-bond acceptors (Lipinski definition) is 4. The van der Waals surface area contributed by atoms with Crippen LogP contribution in [-0.4, -0.2) is 23.8 Å². The van der Waals surface area contributed by atoms with E-state index in [0.717, 1.165) is 0 Å². The van der Waals surface area contributed by atoms with Crippen LogP contribution in [0.2, 0.25) is 0 Å². The third-order valence-electron chi connectivity index (χ3n) is 0.680. The zero-order valence-electron chi connectivity index (χ0n) is 7.11. The first kappa shape index (κ1) is 13.6. The average molecular weight is 186 g/mol. The molecule has 0 bridgehead atoms. The lowest BCUT2D eigenvalue weighted by Crippen LogP contribution is -2.11. The summed E-state index contributed by atoms with van der Waals surface area (Å²) >= 11 is 0. The van der Waals surface area contributed by atoms with Crippen molar-refractivity contribution in [1.29, 1.82) is 5.26 Å². The van der Waals surface area contributed by atoms with Crippen molar-refractivity contribution in [2.24, 2.45) is 5.73 Å². The Bertz CT molecular complexity index is 241. The number of amides is 1. The standard InChI is InChI=1S/C4H3NO2.C3H7NO2/c1-3(2-5)4(6)7;1-2-6-3(4)5/h1H2,(H,6,7);2H2,1H3,(H2,4,5). The van der Waals surface area contributed by atoms with Crippen molar-refractivity contribution in [2.75, 3.05) is 6.61 Å². The second kappa shape index (κ2) is 8.07. The van der Waals surface area contributed by atoms with E-state index in [1.165, 1.54) is 6.07 Å². The molecule has 0 fully saturated rings. The van der Waals surface area contributed by atoms with Crippen LogP contribution in [0.4, 0.5) is 4.79 Å². The van der Waals surface area contributed by atoms with Gasteiger partial charge in [0.1, 0.15) is 11.6 Å². The lowest BCUT2D eigenvalue weighted by Gasteiger charge is -1.89. The van der Waals surface area contributed by atoms with Gasteiger partial charge in [-0.3, -0.25) is 0 Å². The number of nitrogens with two attached hydrogens (primary N) is 1. The SMILES string of the molecule is C=C(C#N)C(=O)O.CCOC(N)=O. The molecule has 0 aliphatic heterocycles. The smallest absolute Gasteiger partial charge is 0.404 e. The predicted molar refractivity (Wildman–Crippen MR) is 43.6 cm³/mol. The molecule has 13 heavy (non-hydrogen) atoms. The fourth-order valence-corrected chi connectivity index (χ4v) is 0.190. The van der Waals surface area contributed by atoms with Gasteiger partial charge in [-0.15, -0.1) is 0 Å². The molecule has 0 aromatic heterocycles. The number of nitrogens with zero attached hydrogens (tertiary/aromatic N) is 1. The van der Waals surface area contributed by atoms with E-state index in [9.17, 15) is 9.59 Å². The highest BCUT2D eigenvalue weighted by atomic mass is 16.5. The van der Waals surface area contributed by atoms with Crippen molar-refractivity contribution in [2.45, 2.75) is 6.92 Å². The first-order valence-electron chi connectivity index (χ1n) is 3.20. The van der Waals surface area contributed by atoms with Gasteiger partial charge in [0.15, 0.2) is 0 Å². The second-order valence-electron chi connectivity index (χ2n) is 1.65. The molecule has 6 nitrogen and oxygen atoms in total. The maximum absolute atomic E-state index is 9.61. The third-order valence-corrected chi connectivity index (χ3v) is 0.680. The molecule has 0 atom stereocenters. The van der Waals surface area contributed by atoms with Gasteiger partial charge < -0.3 is 15.6 Å². The number of rotatable bonds is 2. The highest BCUT2D eigenvalue weighted by Gasteiger charge is 1.97. The summed E-state index contributed by atoms with van der Waals surface area (Å²) in [6.07, 6.45) is -0.711. The van der Waals surface area contributed by atoms with E-state index >= 15 is 0 Å². The van der Waals surface area contributed by atoms with E-state index in [-0.39, 0.29) is 0 Å².